The van der Waals surface area contributed by atoms with Crippen molar-refractivity contribution in [3.8, 4) is 0 Å². The van der Waals surface area contributed by atoms with Crippen molar-refractivity contribution in [1.29, 1.82) is 0 Å². The van der Waals surface area contributed by atoms with Gasteiger partial charge in [-0.05, 0) is 56.0 Å². The number of aliphatic imine (C=N–C) groups is 1. The van der Waals surface area contributed by atoms with Crippen LogP contribution in [0.3, 0.4) is 0 Å². The van der Waals surface area contributed by atoms with Gasteiger partial charge in [0.15, 0.2) is 0 Å². The number of carbonyl (C=O) groups excluding carboxylic acids is 1. The molecule has 1 amide bonds. The van der Waals surface area contributed by atoms with Crippen LogP contribution in [0, 0.1) is 6.92 Å². The van der Waals surface area contributed by atoms with Gasteiger partial charge in [-0.15, -0.1) is 0 Å². The van der Waals surface area contributed by atoms with Crippen molar-refractivity contribution < 1.29 is 9.53 Å². The van der Waals surface area contributed by atoms with Crippen LogP contribution in [0.15, 0.2) is 53.5 Å². The molecule has 0 saturated carbocycles. The van der Waals surface area contributed by atoms with Gasteiger partial charge in [0, 0.05) is 17.9 Å². The van der Waals surface area contributed by atoms with E-state index in [-0.39, 0.29) is 12.0 Å². The van der Waals surface area contributed by atoms with Gasteiger partial charge >= 0.3 is 0 Å². The highest BCUT2D eigenvalue weighted by Gasteiger charge is 2.16. The zero-order chi connectivity index (χ0) is 19.1. The molecule has 1 saturated heterocycles. The molecule has 2 aromatic rings. The molecule has 0 aliphatic carbocycles. The molecule has 1 aliphatic rings. The molecule has 0 aromatic heterocycles. The predicted molar refractivity (Wildman–Crippen MR) is 109 cm³/mol. The number of benzene rings is 2. The minimum absolute atomic E-state index is 0.125. The van der Waals surface area contributed by atoms with Crippen LogP contribution in [0.2, 0.25) is 0 Å². The minimum atomic E-state index is -0.177. The predicted octanol–water partition coefficient (Wildman–Crippen LogP) is 3.93. The molecule has 3 rings (SSSR count). The number of nitrogens with zero attached hydrogens (tertiary/aromatic N) is 1. The average molecular weight is 365 g/mol. The molecule has 5 heteroatoms. The van der Waals surface area contributed by atoms with Crippen LogP contribution < -0.4 is 10.6 Å². The fourth-order valence-corrected chi connectivity index (χ4v) is 3.06. The van der Waals surface area contributed by atoms with Crippen molar-refractivity contribution in [3.63, 3.8) is 0 Å². The van der Waals surface area contributed by atoms with Gasteiger partial charge in [0.05, 0.1) is 12.6 Å². The highest BCUT2D eigenvalue weighted by Crippen LogP contribution is 2.14. The quantitative estimate of drug-likeness (QED) is 0.623. The molecule has 1 atom stereocenters. The summed E-state index contributed by atoms with van der Waals surface area (Å²) in [6.07, 6.45) is 3.15. The zero-order valence-electron chi connectivity index (χ0n) is 16.0. The molecule has 1 heterocycles. The molecular weight excluding hydrogens is 338 g/mol. The fraction of sp³-hybridized carbons (Fsp3) is 0.364. The Balaban J connectivity index is 1.75. The van der Waals surface area contributed by atoms with Crippen molar-refractivity contribution in [2.75, 3.05) is 18.5 Å². The number of amides is 1. The number of carbonyl (C=O) groups is 1. The molecular formula is C22H27N3O2. The van der Waals surface area contributed by atoms with Gasteiger partial charge in [-0.25, -0.2) is 4.99 Å². The summed E-state index contributed by atoms with van der Waals surface area (Å²) in [6, 6.07) is 15.6. The van der Waals surface area contributed by atoms with Crippen molar-refractivity contribution >= 4 is 17.6 Å². The Labute approximate surface area is 160 Å². The fourth-order valence-electron chi connectivity index (χ4n) is 3.06. The SMILES string of the molecule is CCc1cccc(NC(=NCC2CCCO2)NC(=O)c2cccc(C)c2)c1. The minimum Gasteiger partial charge on any atom is -0.376 e. The highest BCUT2D eigenvalue weighted by atomic mass is 16.5. The molecule has 1 aliphatic heterocycles. The van der Waals surface area contributed by atoms with Gasteiger partial charge in [-0.2, -0.15) is 0 Å². The third kappa shape index (κ3) is 5.66. The summed E-state index contributed by atoms with van der Waals surface area (Å²) in [5, 5.41) is 6.17. The maximum atomic E-state index is 12.7. The van der Waals surface area contributed by atoms with Crippen LogP contribution in [-0.2, 0) is 11.2 Å². The van der Waals surface area contributed by atoms with Crippen LogP contribution in [0.4, 0.5) is 5.69 Å². The third-order valence-electron chi connectivity index (χ3n) is 4.59. The topological polar surface area (TPSA) is 62.7 Å². The van der Waals surface area contributed by atoms with E-state index >= 15 is 0 Å². The summed E-state index contributed by atoms with van der Waals surface area (Å²) in [7, 11) is 0. The first-order valence-electron chi connectivity index (χ1n) is 9.54. The summed E-state index contributed by atoms with van der Waals surface area (Å²) in [5.74, 6) is 0.272. The van der Waals surface area contributed by atoms with E-state index in [0.717, 1.165) is 37.1 Å². The van der Waals surface area contributed by atoms with Crippen LogP contribution in [0.5, 0.6) is 0 Å². The van der Waals surface area contributed by atoms with E-state index in [0.29, 0.717) is 18.1 Å². The molecule has 0 spiro atoms. The second-order valence-electron chi connectivity index (χ2n) is 6.83. The maximum Gasteiger partial charge on any atom is 0.257 e. The second kappa shape index (κ2) is 9.33. The van der Waals surface area contributed by atoms with Gasteiger partial charge < -0.3 is 10.1 Å². The number of nitrogens with one attached hydrogen (secondary N) is 2. The first kappa shape index (κ1) is 19.1. The van der Waals surface area contributed by atoms with Crippen molar-refractivity contribution in [2.24, 2.45) is 4.99 Å². The van der Waals surface area contributed by atoms with Gasteiger partial charge in [0.2, 0.25) is 5.96 Å². The van der Waals surface area contributed by atoms with E-state index in [4.69, 9.17) is 4.74 Å². The summed E-state index contributed by atoms with van der Waals surface area (Å²) >= 11 is 0. The summed E-state index contributed by atoms with van der Waals surface area (Å²) < 4.78 is 5.65. The van der Waals surface area contributed by atoms with Crippen molar-refractivity contribution in [2.45, 2.75) is 39.2 Å². The number of ether oxygens (including phenoxy) is 1. The molecule has 27 heavy (non-hydrogen) atoms. The van der Waals surface area contributed by atoms with Crippen molar-refractivity contribution in [1.82, 2.24) is 5.32 Å². The van der Waals surface area contributed by atoms with E-state index in [2.05, 4.69) is 34.7 Å². The first-order chi connectivity index (χ1) is 13.1. The molecule has 2 aromatic carbocycles. The number of anilines is 1. The Kier molecular flexibility index (Phi) is 6.60. The van der Waals surface area contributed by atoms with Gasteiger partial charge in [0.25, 0.3) is 5.91 Å². The number of rotatable bonds is 5. The standard InChI is InChI=1S/C22H27N3O2/c1-3-17-8-5-10-19(14-17)24-22(23-15-20-11-6-12-27-20)25-21(26)18-9-4-7-16(2)13-18/h4-5,7-10,13-14,20H,3,6,11-12,15H2,1-2H3,(H2,23,24,25,26). The summed E-state index contributed by atoms with van der Waals surface area (Å²) in [4.78, 5) is 17.2. The van der Waals surface area contributed by atoms with Crippen molar-refractivity contribution in [3.05, 3.63) is 65.2 Å². The van der Waals surface area contributed by atoms with Crippen LogP contribution in [0.1, 0.15) is 41.3 Å². The third-order valence-corrected chi connectivity index (χ3v) is 4.59. The highest BCUT2D eigenvalue weighted by molar-refractivity contribution is 6.10. The Bertz CT molecular complexity index is 811. The molecule has 1 fully saturated rings. The van der Waals surface area contributed by atoms with E-state index < -0.39 is 0 Å². The Morgan fingerprint density at radius 1 is 1.22 bits per heavy atom. The Morgan fingerprint density at radius 2 is 2.07 bits per heavy atom. The normalized spacial score (nSPS) is 17.0. The smallest absolute Gasteiger partial charge is 0.257 e. The first-order valence-corrected chi connectivity index (χ1v) is 9.54. The zero-order valence-corrected chi connectivity index (χ0v) is 16.0. The van der Waals surface area contributed by atoms with E-state index in [1.165, 1.54) is 5.56 Å². The maximum absolute atomic E-state index is 12.7. The Hall–Kier alpha value is -2.66. The number of aryl methyl sites for hydroxylation is 2. The lowest BCUT2D eigenvalue weighted by atomic mass is 10.1. The molecule has 5 nitrogen and oxygen atoms in total. The van der Waals surface area contributed by atoms with E-state index in [1.807, 2.05) is 37.3 Å². The lowest BCUT2D eigenvalue weighted by Gasteiger charge is -2.14. The lowest BCUT2D eigenvalue weighted by molar-refractivity contribution is 0.0975. The summed E-state index contributed by atoms with van der Waals surface area (Å²) in [5.41, 5.74) is 3.79. The van der Waals surface area contributed by atoms with Crippen LogP contribution in [0.25, 0.3) is 0 Å². The number of guanidine groups is 1. The molecule has 2 N–H and O–H groups in total. The number of hydrogen-bond acceptors (Lipinski definition) is 3. The monoisotopic (exact) mass is 365 g/mol. The number of hydrogen-bond donors (Lipinski definition) is 2. The molecule has 0 radical (unpaired) electrons. The lowest BCUT2D eigenvalue weighted by Crippen LogP contribution is -2.36. The van der Waals surface area contributed by atoms with Gasteiger partial charge in [-0.3, -0.25) is 10.1 Å². The largest absolute Gasteiger partial charge is 0.376 e. The Morgan fingerprint density at radius 3 is 2.81 bits per heavy atom. The van der Waals surface area contributed by atoms with E-state index in [9.17, 15) is 4.79 Å². The second-order valence-corrected chi connectivity index (χ2v) is 6.83. The average Bonchev–Trinajstić information content (AvgIpc) is 3.20. The molecule has 0 bridgehead atoms. The van der Waals surface area contributed by atoms with Crippen LogP contribution in [-0.4, -0.2) is 31.1 Å². The molecule has 1 unspecified atom stereocenters. The van der Waals surface area contributed by atoms with E-state index in [1.54, 1.807) is 6.07 Å². The van der Waals surface area contributed by atoms with Gasteiger partial charge in [-0.1, -0.05) is 36.8 Å². The summed E-state index contributed by atoms with van der Waals surface area (Å²) in [6.45, 7) is 5.41. The van der Waals surface area contributed by atoms with Crippen LogP contribution >= 0.6 is 0 Å². The molecule has 142 valence electrons. The van der Waals surface area contributed by atoms with Gasteiger partial charge in [0.1, 0.15) is 0 Å².